The zero-order valence-electron chi connectivity index (χ0n) is 15.2. The van der Waals surface area contributed by atoms with Crippen LogP contribution in [0, 0.1) is 5.82 Å². The summed E-state index contributed by atoms with van der Waals surface area (Å²) in [6.45, 7) is 7.83. The van der Waals surface area contributed by atoms with Crippen LogP contribution in [0.25, 0.3) is 0 Å². The van der Waals surface area contributed by atoms with E-state index in [4.69, 9.17) is 5.11 Å². The number of carbonyl (C=O) groups is 1. The Morgan fingerprint density at radius 1 is 1.04 bits per heavy atom. The molecule has 1 fully saturated rings. The molecule has 1 N–H and O–H groups in total. The van der Waals surface area contributed by atoms with Crippen LogP contribution in [0.4, 0.5) is 4.39 Å². The van der Waals surface area contributed by atoms with Crippen LogP contribution >= 0.6 is 0 Å². The van der Waals surface area contributed by atoms with Gasteiger partial charge in [0.15, 0.2) is 0 Å². The van der Waals surface area contributed by atoms with Gasteiger partial charge in [-0.25, -0.2) is 9.18 Å². The molecule has 1 aliphatic rings. The molecule has 4 nitrogen and oxygen atoms in total. The minimum atomic E-state index is -0.898. The van der Waals surface area contributed by atoms with Crippen molar-refractivity contribution in [2.75, 3.05) is 13.1 Å². The van der Waals surface area contributed by atoms with Gasteiger partial charge in [0.25, 0.3) is 0 Å². The van der Waals surface area contributed by atoms with Gasteiger partial charge in [-0.1, -0.05) is 24.3 Å². The Bertz CT molecular complexity index is 751. The first kappa shape index (κ1) is 18.5. The first-order valence-corrected chi connectivity index (χ1v) is 8.97. The number of carboxylic acids is 1. The quantitative estimate of drug-likeness (QED) is 0.889. The summed E-state index contributed by atoms with van der Waals surface area (Å²) < 4.78 is 13.4. The van der Waals surface area contributed by atoms with Gasteiger partial charge < -0.3 is 5.11 Å². The molecule has 2 atom stereocenters. The van der Waals surface area contributed by atoms with Crippen LogP contribution < -0.4 is 0 Å². The van der Waals surface area contributed by atoms with Crippen molar-refractivity contribution in [3.05, 3.63) is 71.0 Å². The maximum atomic E-state index is 13.4. The van der Waals surface area contributed by atoms with Crippen molar-refractivity contribution >= 4 is 5.97 Å². The molecule has 0 radical (unpaired) electrons. The lowest BCUT2D eigenvalue weighted by atomic mass is 10.0. The molecule has 2 aromatic carbocycles. The second-order valence-electron chi connectivity index (χ2n) is 7.20. The lowest BCUT2D eigenvalue weighted by molar-refractivity contribution is 0.0290. The summed E-state index contributed by atoms with van der Waals surface area (Å²) in [4.78, 5) is 15.8. The second-order valence-corrected chi connectivity index (χ2v) is 7.20. The lowest BCUT2D eigenvalue weighted by Gasteiger charge is -2.44. The van der Waals surface area contributed by atoms with E-state index >= 15 is 0 Å². The van der Waals surface area contributed by atoms with Crippen molar-refractivity contribution in [2.45, 2.75) is 39.0 Å². The van der Waals surface area contributed by atoms with Crippen LogP contribution in [-0.2, 0) is 13.1 Å². The van der Waals surface area contributed by atoms with Gasteiger partial charge in [0.2, 0.25) is 0 Å². The summed E-state index contributed by atoms with van der Waals surface area (Å²) >= 11 is 0. The third kappa shape index (κ3) is 4.48. The van der Waals surface area contributed by atoms with Gasteiger partial charge in [-0.05, 0) is 49.2 Å². The Labute approximate surface area is 153 Å². The van der Waals surface area contributed by atoms with Gasteiger partial charge >= 0.3 is 5.97 Å². The Balaban J connectivity index is 1.61. The number of hydrogen-bond donors (Lipinski definition) is 1. The van der Waals surface area contributed by atoms with Crippen LogP contribution in [0.2, 0.25) is 0 Å². The molecular formula is C21H25FN2O2. The van der Waals surface area contributed by atoms with E-state index in [1.54, 1.807) is 24.3 Å². The maximum absolute atomic E-state index is 13.4. The van der Waals surface area contributed by atoms with E-state index in [9.17, 15) is 9.18 Å². The highest BCUT2D eigenvalue weighted by molar-refractivity contribution is 5.87. The highest BCUT2D eigenvalue weighted by atomic mass is 19.1. The summed E-state index contributed by atoms with van der Waals surface area (Å²) in [5.74, 6) is -1.09. The number of hydrogen-bond acceptors (Lipinski definition) is 3. The largest absolute Gasteiger partial charge is 0.478 e. The molecule has 26 heavy (non-hydrogen) atoms. The molecule has 0 amide bonds. The molecule has 0 unspecified atom stereocenters. The van der Waals surface area contributed by atoms with Crippen LogP contribution in [-0.4, -0.2) is 46.0 Å². The van der Waals surface area contributed by atoms with Crippen LogP contribution in [0.5, 0.6) is 0 Å². The van der Waals surface area contributed by atoms with Crippen molar-refractivity contribution in [3.63, 3.8) is 0 Å². The predicted octanol–water partition coefficient (Wildman–Crippen LogP) is 3.62. The average Bonchev–Trinajstić information content (AvgIpc) is 2.59. The maximum Gasteiger partial charge on any atom is 0.335 e. The van der Waals surface area contributed by atoms with Crippen LogP contribution in [0.15, 0.2) is 48.5 Å². The van der Waals surface area contributed by atoms with Gasteiger partial charge in [-0.15, -0.1) is 0 Å². The third-order valence-corrected chi connectivity index (χ3v) is 5.04. The van der Waals surface area contributed by atoms with Gasteiger partial charge in [0.05, 0.1) is 5.56 Å². The first-order chi connectivity index (χ1) is 12.4. The standard InChI is InChI=1S/C21H25FN2O2/c1-15-11-23(13-17-6-8-19(9-7-17)21(25)26)12-16(2)24(15)14-18-4-3-5-20(22)10-18/h3-10,15-16H,11-14H2,1-2H3,(H,25,26)/t15-,16+. The van der Waals surface area contributed by atoms with Crippen molar-refractivity contribution < 1.29 is 14.3 Å². The monoisotopic (exact) mass is 356 g/mol. The van der Waals surface area contributed by atoms with E-state index in [0.717, 1.165) is 37.3 Å². The molecule has 0 spiro atoms. The van der Waals surface area contributed by atoms with Crippen molar-refractivity contribution in [1.82, 2.24) is 9.80 Å². The molecule has 0 aromatic heterocycles. The SMILES string of the molecule is C[C@@H]1CN(Cc2ccc(C(=O)O)cc2)C[C@H](C)N1Cc1cccc(F)c1. The van der Waals surface area contributed by atoms with Gasteiger partial charge in [-0.2, -0.15) is 0 Å². The molecule has 2 aromatic rings. The first-order valence-electron chi connectivity index (χ1n) is 8.97. The minimum Gasteiger partial charge on any atom is -0.478 e. The number of halogens is 1. The van der Waals surface area contributed by atoms with Crippen LogP contribution in [0.1, 0.15) is 35.3 Å². The smallest absolute Gasteiger partial charge is 0.335 e. The summed E-state index contributed by atoms with van der Waals surface area (Å²) in [7, 11) is 0. The Morgan fingerprint density at radius 2 is 1.69 bits per heavy atom. The summed E-state index contributed by atoms with van der Waals surface area (Å²) in [6.07, 6.45) is 0. The zero-order valence-corrected chi connectivity index (χ0v) is 15.2. The molecule has 1 saturated heterocycles. The Hall–Kier alpha value is -2.24. The van der Waals surface area contributed by atoms with Crippen molar-refractivity contribution in [2.24, 2.45) is 0 Å². The fraction of sp³-hybridized carbons (Fsp3) is 0.381. The van der Waals surface area contributed by atoms with E-state index < -0.39 is 5.97 Å². The predicted molar refractivity (Wildman–Crippen MR) is 99.5 cm³/mol. The van der Waals surface area contributed by atoms with Crippen LogP contribution in [0.3, 0.4) is 0 Å². The molecule has 1 aliphatic heterocycles. The Kier molecular flexibility index (Phi) is 5.69. The van der Waals surface area contributed by atoms with Gasteiger partial charge in [0, 0.05) is 38.3 Å². The Morgan fingerprint density at radius 3 is 2.27 bits per heavy atom. The number of nitrogens with zero attached hydrogens (tertiary/aromatic N) is 2. The molecule has 5 heteroatoms. The normalized spacial score (nSPS) is 21.7. The van der Waals surface area contributed by atoms with E-state index in [2.05, 4.69) is 23.6 Å². The van der Waals surface area contributed by atoms with E-state index in [-0.39, 0.29) is 5.82 Å². The number of benzene rings is 2. The van der Waals surface area contributed by atoms with Crippen molar-refractivity contribution in [3.8, 4) is 0 Å². The highest BCUT2D eigenvalue weighted by Crippen LogP contribution is 2.21. The number of piperazine rings is 1. The van der Waals surface area contributed by atoms with Gasteiger partial charge in [0.1, 0.15) is 5.82 Å². The minimum absolute atomic E-state index is 0.189. The number of aromatic carboxylic acids is 1. The summed E-state index contributed by atoms with van der Waals surface area (Å²) in [5, 5.41) is 8.99. The molecule has 0 bridgehead atoms. The number of carboxylic acid groups (broad SMARTS) is 1. The van der Waals surface area contributed by atoms with E-state index in [1.165, 1.54) is 6.07 Å². The third-order valence-electron chi connectivity index (χ3n) is 5.04. The van der Waals surface area contributed by atoms with Crippen molar-refractivity contribution in [1.29, 1.82) is 0 Å². The molecule has 1 heterocycles. The summed E-state index contributed by atoms with van der Waals surface area (Å²) in [6, 6.07) is 14.6. The molecule has 138 valence electrons. The topological polar surface area (TPSA) is 43.8 Å². The zero-order chi connectivity index (χ0) is 18.7. The molecule has 3 rings (SSSR count). The molecular weight excluding hydrogens is 331 g/mol. The lowest BCUT2D eigenvalue weighted by Crippen LogP contribution is -2.55. The number of rotatable bonds is 5. The summed E-state index contributed by atoms with van der Waals surface area (Å²) in [5.41, 5.74) is 2.43. The average molecular weight is 356 g/mol. The van der Waals surface area contributed by atoms with Gasteiger partial charge in [-0.3, -0.25) is 9.80 Å². The molecule has 0 aliphatic carbocycles. The second kappa shape index (κ2) is 7.98. The fourth-order valence-corrected chi connectivity index (χ4v) is 3.76. The molecule has 0 saturated carbocycles. The fourth-order valence-electron chi connectivity index (χ4n) is 3.76. The van der Waals surface area contributed by atoms with E-state index in [1.807, 2.05) is 18.2 Å². The highest BCUT2D eigenvalue weighted by Gasteiger charge is 2.29. The van der Waals surface area contributed by atoms with E-state index in [0.29, 0.717) is 17.6 Å².